The molecule has 0 saturated carbocycles. The first-order valence-corrected chi connectivity index (χ1v) is 4.40. The summed E-state index contributed by atoms with van der Waals surface area (Å²) in [5.74, 6) is 0.724. The topological polar surface area (TPSA) is 15.3 Å². The predicted molar refractivity (Wildman–Crippen MR) is 49.2 cm³/mol. The molecule has 3 heteroatoms. The van der Waals surface area contributed by atoms with Crippen molar-refractivity contribution in [3.63, 3.8) is 0 Å². The van der Waals surface area contributed by atoms with Gasteiger partial charge in [0.05, 0.1) is 22.9 Å². The van der Waals surface area contributed by atoms with Crippen LogP contribution < -0.4 is 5.43 Å². The highest BCUT2D eigenvalue weighted by molar-refractivity contribution is 14.1. The molecular formula is C7H9IN2. The van der Waals surface area contributed by atoms with Crippen LogP contribution in [0, 0.1) is 5.92 Å². The van der Waals surface area contributed by atoms with Gasteiger partial charge in [-0.3, -0.25) is 3.22 Å². The van der Waals surface area contributed by atoms with Crippen molar-refractivity contribution in [3.05, 3.63) is 23.9 Å². The fraction of sp³-hybridized carbons (Fsp3) is 0.429. The molecule has 1 unspecified atom stereocenters. The van der Waals surface area contributed by atoms with Gasteiger partial charge in [0.1, 0.15) is 0 Å². The molecule has 0 aromatic carbocycles. The van der Waals surface area contributed by atoms with Crippen LogP contribution in [0.3, 0.4) is 0 Å². The van der Waals surface area contributed by atoms with Crippen molar-refractivity contribution in [1.29, 1.82) is 0 Å². The molecule has 0 bridgehead atoms. The third-order valence-electron chi connectivity index (χ3n) is 1.95. The third kappa shape index (κ3) is 0.971. The number of rotatable bonds is 0. The number of hydrogen-bond acceptors (Lipinski definition) is 2. The molecule has 1 aliphatic heterocycles. The van der Waals surface area contributed by atoms with E-state index >= 15 is 0 Å². The monoisotopic (exact) mass is 248 g/mol. The van der Waals surface area contributed by atoms with E-state index in [9.17, 15) is 0 Å². The summed E-state index contributed by atoms with van der Waals surface area (Å²) in [6.07, 6.45) is 7.73. The third-order valence-corrected chi connectivity index (χ3v) is 2.84. The van der Waals surface area contributed by atoms with Crippen molar-refractivity contribution in [2.24, 2.45) is 5.92 Å². The highest BCUT2D eigenvalue weighted by Crippen LogP contribution is 2.29. The van der Waals surface area contributed by atoms with E-state index in [-0.39, 0.29) is 0 Å². The van der Waals surface area contributed by atoms with E-state index in [0.717, 1.165) is 12.5 Å². The molecule has 1 heterocycles. The summed E-state index contributed by atoms with van der Waals surface area (Å²) in [5, 5.41) is 0. The van der Waals surface area contributed by atoms with Gasteiger partial charge in [0.15, 0.2) is 0 Å². The Bertz CT molecular complexity index is 198. The maximum Gasteiger partial charge on any atom is 0.0764 e. The number of hydrazine groups is 1. The van der Waals surface area contributed by atoms with Gasteiger partial charge in [-0.15, -0.1) is 0 Å². The van der Waals surface area contributed by atoms with Crippen molar-refractivity contribution in [3.8, 4) is 0 Å². The minimum Gasteiger partial charge on any atom is -0.252 e. The average molecular weight is 248 g/mol. The Kier molecular flexibility index (Phi) is 1.69. The number of nitrogens with zero attached hydrogens (tertiary/aromatic N) is 1. The summed E-state index contributed by atoms with van der Waals surface area (Å²) in [5.41, 5.74) is 4.69. The van der Waals surface area contributed by atoms with E-state index in [1.54, 1.807) is 0 Å². The minimum absolute atomic E-state index is 0.724. The van der Waals surface area contributed by atoms with Crippen molar-refractivity contribution >= 4 is 22.9 Å². The van der Waals surface area contributed by atoms with Gasteiger partial charge in [-0.2, -0.15) is 0 Å². The molecule has 0 aromatic heterocycles. The van der Waals surface area contributed by atoms with Gasteiger partial charge in [-0.25, -0.2) is 5.43 Å². The van der Waals surface area contributed by atoms with Gasteiger partial charge in [0.25, 0.3) is 0 Å². The summed E-state index contributed by atoms with van der Waals surface area (Å²) in [6, 6.07) is 0. The Morgan fingerprint density at radius 1 is 1.70 bits per heavy atom. The van der Waals surface area contributed by atoms with Gasteiger partial charge in [-0.1, -0.05) is 12.2 Å². The molecule has 0 aromatic rings. The lowest BCUT2D eigenvalue weighted by Crippen LogP contribution is -2.17. The van der Waals surface area contributed by atoms with Gasteiger partial charge < -0.3 is 0 Å². The lowest BCUT2D eigenvalue weighted by atomic mass is 9.99. The van der Waals surface area contributed by atoms with Crippen LogP contribution in [0.15, 0.2) is 23.9 Å². The Morgan fingerprint density at radius 3 is 3.40 bits per heavy atom. The first kappa shape index (κ1) is 6.67. The second kappa shape index (κ2) is 2.54. The molecule has 2 rings (SSSR count). The van der Waals surface area contributed by atoms with Gasteiger partial charge in [-0.05, 0) is 12.5 Å². The highest BCUT2D eigenvalue weighted by atomic mass is 127. The van der Waals surface area contributed by atoms with E-state index in [1.807, 2.05) is 0 Å². The quantitative estimate of drug-likeness (QED) is 0.517. The molecule has 1 saturated heterocycles. The van der Waals surface area contributed by atoms with Gasteiger partial charge in [0, 0.05) is 18.2 Å². The molecule has 10 heavy (non-hydrogen) atoms. The second-order valence-electron chi connectivity index (χ2n) is 2.60. The second-order valence-corrected chi connectivity index (χ2v) is 3.56. The summed E-state index contributed by atoms with van der Waals surface area (Å²) >= 11 is 2.29. The predicted octanol–water partition coefficient (Wildman–Crippen LogP) is 1.62. The highest BCUT2D eigenvalue weighted by Gasteiger charge is 2.25. The zero-order valence-electron chi connectivity index (χ0n) is 5.55. The zero-order chi connectivity index (χ0) is 6.97. The van der Waals surface area contributed by atoms with Crippen molar-refractivity contribution in [2.75, 3.05) is 6.54 Å². The molecular weight excluding hydrogens is 239 g/mol. The molecule has 1 N–H and O–H groups in total. The average Bonchev–Trinajstić information content (AvgIpc) is 2.34. The summed E-state index contributed by atoms with van der Waals surface area (Å²) < 4.78 is 2.09. The Labute approximate surface area is 74.4 Å². The number of halogens is 1. The molecule has 1 fully saturated rings. The summed E-state index contributed by atoms with van der Waals surface area (Å²) in [4.78, 5) is 0. The van der Waals surface area contributed by atoms with Crippen LogP contribution >= 0.6 is 22.9 Å². The van der Waals surface area contributed by atoms with Crippen LogP contribution in [-0.2, 0) is 0 Å². The Hall–Kier alpha value is -0.0300. The summed E-state index contributed by atoms with van der Waals surface area (Å²) in [7, 11) is 0. The largest absolute Gasteiger partial charge is 0.252 e. The molecule has 2 aliphatic rings. The van der Waals surface area contributed by atoms with Gasteiger partial charge >= 0.3 is 0 Å². The molecule has 2 nitrogen and oxygen atoms in total. The molecule has 0 amide bonds. The molecule has 0 spiro atoms. The van der Waals surface area contributed by atoms with Crippen LogP contribution in [0.5, 0.6) is 0 Å². The fourth-order valence-electron chi connectivity index (χ4n) is 1.36. The SMILES string of the molecule is IN1NCC2CC=CC=C21. The number of allylic oxidation sites excluding steroid dienone is 3. The first-order valence-electron chi connectivity index (χ1n) is 3.44. The van der Waals surface area contributed by atoms with Crippen molar-refractivity contribution in [1.82, 2.24) is 8.65 Å². The van der Waals surface area contributed by atoms with Crippen molar-refractivity contribution in [2.45, 2.75) is 6.42 Å². The maximum atomic E-state index is 3.27. The zero-order valence-corrected chi connectivity index (χ0v) is 7.71. The van der Waals surface area contributed by atoms with E-state index < -0.39 is 0 Å². The van der Waals surface area contributed by atoms with Crippen LogP contribution in [0.2, 0.25) is 0 Å². The standard InChI is InChI=1S/C7H9IN2/c8-10-7-4-2-1-3-6(7)5-9-10/h1-2,4,6,9H,3,5H2. The van der Waals surface area contributed by atoms with Crippen LogP contribution in [0.4, 0.5) is 0 Å². The molecule has 1 aliphatic carbocycles. The maximum absolute atomic E-state index is 3.27. The van der Waals surface area contributed by atoms with Crippen molar-refractivity contribution < 1.29 is 0 Å². The summed E-state index contributed by atoms with van der Waals surface area (Å²) in [6.45, 7) is 1.10. The first-order chi connectivity index (χ1) is 4.88. The van der Waals surface area contributed by atoms with E-state index in [0.29, 0.717) is 0 Å². The fourth-order valence-corrected chi connectivity index (χ4v) is 2.11. The van der Waals surface area contributed by atoms with E-state index in [1.165, 1.54) is 12.1 Å². The van der Waals surface area contributed by atoms with Crippen LogP contribution in [0.25, 0.3) is 0 Å². The molecule has 1 atom stereocenters. The molecule has 54 valence electrons. The van der Waals surface area contributed by atoms with E-state index in [2.05, 4.69) is 49.7 Å². The smallest absolute Gasteiger partial charge is 0.0764 e. The number of fused-ring (bicyclic) bond motifs is 1. The lowest BCUT2D eigenvalue weighted by Gasteiger charge is -2.14. The van der Waals surface area contributed by atoms with Crippen LogP contribution in [0.1, 0.15) is 6.42 Å². The normalized spacial score (nSPS) is 30.3. The number of hydrogen-bond donors (Lipinski definition) is 1. The molecule has 0 radical (unpaired) electrons. The Morgan fingerprint density at radius 2 is 2.60 bits per heavy atom. The Balaban J connectivity index is 2.25. The minimum atomic E-state index is 0.724. The van der Waals surface area contributed by atoms with Gasteiger partial charge in [0.2, 0.25) is 0 Å². The van der Waals surface area contributed by atoms with E-state index in [4.69, 9.17) is 0 Å². The van der Waals surface area contributed by atoms with Crippen LogP contribution in [-0.4, -0.2) is 9.77 Å². The lowest BCUT2D eigenvalue weighted by molar-refractivity contribution is 0.549. The number of nitrogens with one attached hydrogen (secondary N) is 1.